The van der Waals surface area contributed by atoms with Gasteiger partial charge in [-0.1, -0.05) is 35.4 Å². The Morgan fingerprint density at radius 2 is 1.88 bits per heavy atom. The van der Waals surface area contributed by atoms with Crippen LogP contribution in [0.5, 0.6) is 0 Å². The Morgan fingerprint density at radius 3 is 2.64 bits per heavy atom. The molecule has 0 fully saturated rings. The maximum absolute atomic E-state index is 6.03. The highest BCUT2D eigenvalue weighted by atomic mass is 35.5. The number of rotatable bonds is 2. The molecule has 0 radical (unpaired) electrons. The molecule has 128 valence electrons. The van der Waals surface area contributed by atoms with Gasteiger partial charge in [-0.05, 0) is 68.3 Å². The van der Waals surface area contributed by atoms with E-state index >= 15 is 0 Å². The Morgan fingerprint density at radius 1 is 1.12 bits per heavy atom. The predicted octanol–water partition coefficient (Wildman–Crippen LogP) is 5.61. The standard InChI is InChI=1S/C22H23ClN2/c1-15-4-9-21-20(12-15)19-10-11-24(3)14-22(19)25(21)13-16(2)17-5-7-18(23)8-6-17/h4-9,12-13H,10-11,14H2,1-3H3. The first-order chi connectivity index (χ1) is 12.0. The molecule has 0 amide bonds. The van der Waals surface area contributed by atoms with Gasteiger partial charge in [0, 0.05) is 35.4 Å². The van der Waals surface area contributed by atoms with Crippen LogP contribution in [0.25, 0.3) is 22.7 Å². The Hall–Kier alpha value is -2.03. The molecule has 0 N–H and O–H groups in total. The molecule has 3 heteroatoms. The molecule has 3 aromatic rings. The van der Waals surface area contributed by atoms with E-state index in [1.54, 1.807) is 0 Å². The molecule has 1 aromatic heterocycles. The molecule has 4 rings (SSSR count). The number of aromatic nitrogens is 1. The molecule has 0 aliphatic carbocycles. The molecule has 1 aliphatic heterocycles. The molecular formula is C22H23ClN2. The molecule has 0 bridgehead atoms. The van der Waals surface area contributed by atoms with Gasteiger partial charge in [-0.25, -0.2) is 0 Å². The van der Waals surface area contributed by atoms with Crippen molar-refractivity contribution in [2.45, 2.75) is 26.8 Å². The number of fused-ring (bicyclic) bond motifs is 3. The summed E-state index contributed by atoms with van der Waals surface area (Å²) in [5.41, 5.74) is 8.00. The van der Waals surface area contributed by atoms with Crippen LogP contribution in [0, 0.1) is 6.92 Å². The molecule has 0 unspecified atom stereocenters. The average molecular weight is 351 g/mol. The Bertz CT molecular complexity index is 964. The number of allylic oxidation sites excluding steroid dienone is 1. The van der Waals surface area contributed by atoms with E-state index in [9.17, 15) is 0 Å². The zero-order valence-corrected chi connectivity index (χ0v) is 15.8. The van der Waals surface area contributed by atoms with Crippen molar-refractivity contribution in [1.82, 2.24) is 9.47 Å². The predicted molar refractivity (Wildman–Crippen MR) is 108 cm³/mol. The molecule has 1 aliphatic rings. The van der Waals surface area contributed by atoms with Crippen molar-refractivity contribution < 1.29 is 0 Å². The van der Waals surface area contributed by atoms with Gasteiger partial charge in [0.25, 0.3) is 0 Å². The lowest BCUT2D eigenvalue weighted by atomic mass is 10.0. The zero-order chi connectivity index (χ0) is 17.6. The van der Waals surface area contributed by atoms with Crippen molar-refractivity contribution in [3.05, 3.63) is 69.9 Å². The van der Waals surface area contributed by atoms with Crippen LogP contribution in [0.15, 0.2) is 42.5 Å². The summed E-state index contributed by atoms with van der Waals surface area (Å²) < 4.78 is 2.39. The van der Waals surface area contributed by atoms with Gasteiger partial charge in [-0.3, -0.25) is 0 Å². The number of aryl methyl sites for hydroxylation is 1. The number of hydrogen-bond acceptors (Lipinski definition) is 1. The van der Waals surface area contributed by atoms with Crippen LogP contribution in [0.4, 0.5) is 0 Å². The lowest BCUT2D eigenvalue weighted by Crippen LogP contribution is -2.27. The summed E-state index contributed by atoms with van der Waals surface area (Å²) in [5, 5.41) is 2.18. The Labute approximate surface area is 154 Å². The maximum atomic E-state index is 6.03. The third kappa shape index (κ3) is 3.01. The van der Waals surface area contributed by atoms with Crippen LogP contribution in [0.3, 0.4) is 0 Å². The summed E-state index contributed by atoms with van der Waals surface area (Å²) in [6, 6.07) is 14.9. The third-order valence-corrected chi connectivity index (χ3v) is 5.41. The number of nitrogens with zero attached hydrogens (tertiary/aromatic N) is 2. The van der Waals surface area contributed by atoms with Gasteiger partial charge in [0.1, 0.15) is 0 Å². The van der Waals surface area contributed by atoms with Crippen LogP contribution in [0.1, 0.15) is 29.3 Å². The monoisotopic (exact) mass is 350 g/mol. The van der Waals surface area contributed by atoms with Crippen molar-refractivity contribution >= 4 is 34.3 Å². The van der Waals surface area contributed by atoms with Gasteiger partial charge in [-0.15, -0.1) is 0 Å². The molecular weight excluding hydrogens is 328 g/mol. The second-order valence-corrected chi connectivity index (χ2v) is 7.56. The van der Waals surface area contributed by atoms with Gasteiger partial charge in [-0.2, -0.15) is 0 Å². The van der Waals surface area contributed by atoms with Crippen molar-refractivity contribution in [2.75, 3.05) is 13.6 Å². The van der Waals surface area contributed by atoms with Crippen LogP contribution in [-0.4, -0.2) is 23.1 Å². The van der Waals surface area contributed by atoms with Crippen molar-refractivity contribution in [3.63, 3.8) is 0 Å². The quantitative estimate of drug-likeness (QED) is 0.583. The average Bonchev–Trinajstić information content (AvgIpc) is 2.88. The second kappa shape index (κ2) is 6.36. The minimum Gasteiger partial charge on any atom is -0.318 e. The summed E-state index contributed by atoms with van der Waals surface area (Å²) in [6.07, 6.45) is 3.39. The largest absolute Gasteiger partial charge is 0.318 e. The van der Waals surface area contributed by atoms with Crippen molar-refractivity contribution in [3.8, 4) is 0 Å². The van der Waals surface area contributed by atoms with Gasteiger partial charge >= 0.3 is 0 Å². The van der Waals surface area contributed by atoms with E-state index < -0.39 is 0 Å². The van der Waals surface area contributed by atoms with Gasteiger partial charge in [0.05, 0.1) is 5.52 Å². The number of likely N-dealkylation sites (N-methyl/N-ethyl adjacent to an activating group) is 1. The lowest BCUT2D eigenvalue weighted by molar-refractivity contribution is 0.308. The van der Waals surface area contributed by atoms with E-state index in [-0.39, 0.29) is 0 Å². The van der Waals surface area contributed by atoms with E-state index in [1.165, 1.54) is 38.9 Å². The lowest BCUT2D eigenvalue weighted by Gasteiger charge is -2.24. The third-order valence-electron chi connectivity index (χ3n) is 5.16. The minimum absolute atomic E-state index is 0.775. The molecule has 0 spiro atoms. The molecule has 2 nitrogen and oxygen atoms in total. The second-order valence-electron chi connectivity index (χ2n) is 7.12. The topological polar surface area (TPSA) is 8.17 Å². The maximum Gasteiger partial charge on any atom is 0.0529 e. The summed E-state index contributed by atoms with van der Waals surface area (Å²) in [6.45, 7) is 6.46. The highest BCUT2D eigenvalue weighted by Crippen LogP contribution is 2.32. The van der Waals surface area contributed by atoms with E-state index in [2.05, 4.69) is 66.9 Å². The highest BCUT2D eigenvalue weighted by molar-refractivity contribution is 6.30. The van der Waals surface area contributed by atoms with E-state index in [1.807, 2.05) is 12.1 Å². The molecule has 0 atom stereocenters. The fourth-order valence-corrected chi connectivity index (χ4v) is 3.89. The molecule has 2 aromatic carbocycles. The highest BCUT2D eigenvalue weighted by Gasteiger charge is 2.21. The van der Waals surface area contributed by atoms with Crippen LogP contribution >= 0.6 is 11.6 Å². The smallest absolute Gasteiger partial charge is 0.0529 e. The van der Waals surface area contributed by atoms with Crippen LogP contribution in [0.2, 0.25) is 5.02 Å². The Kier molecular flexibility index (Phi) is 4.18. The fraction of sp³-hybridized carbons (Fsp3) is 0.273. The van der Waals surface area contributed by atoms with Gasteiger partial charge in [0.2, 0.25) is 0 Å². The van der Waals surface area contributed by atoms with Gasteiger partial charge < -0.3 is 9.47 Å². The minimum atomic E-state index is 0.775. The summed E-state index contributed by atoms with van der Waals surface area (Å²) in [5.74, 6) is 0. The number of benzene rings is 2. The summed E-state index contributed by atoms with van der Waals surface area (Å²) >= 11 is 6.03. The fourth-order valence-electron chi connectivity index (χ4n) is 3.76. The summed E-state index contributed by atoms with van der Waals surface area (Å²) in [7, 11) is 2.20. The van der Waals surface area contributed by atoms with E-state index in [0.717, 1.165) is 24.5 Å². The van der Waals surface area contributed by atoms with Gasteiger partial charge in [0.15, 0.2) is 0 Å². The first-order valence-electron chi connectivity index (χ1n) is 8.78. The first kappa shape index (κ1) is 16.4. The number of halogens is 1. The molecule has 0 saturated carbocycles. The van der Waals surface area contributed by atoms with Crippen LogP contribution in [-0.2, 0) is 13.0 Å². The first-order valence-corrected chi connectivity index (χ1v) is 9.16. The molecule has 2 heterocycles. The normalized spacial score (nSPS) is 15.6. The van der Waals surface area contributed by atoms with E-state index in [0.29, 0.717) is 0 Å². The van der Waals surface area contributed by atoms with Crippen molar-refractivity contribution in [2.24, 2.45) is 0 Å². The number of hydrogen-bond donors (Lipinski definition) is 0. The van der Waals surface area contributed by atoms with Crippen molar-refractivity contribution in [1.29, 1.82) is 0 Å². The Balaban J connectivity index is 1.90. The zero-order valence-electron chi connectivity index (χ0n) is 15.0. The summed E-state index contributed by atoms with van der Waals surface area (Å²) in [4.78, 5) is 2.40. The molecule has 25 heavy (non-hydrogen) atoms. The van der Waals surface area contributed by atoms with E-state index in [4.69, 9.17) is 11.6 Å². The molecule has 0 saturated heterocycles. The SMILES string of the molecule is CC(=Cn1c2c(c3cc(C)ccc31)CCN(C)C2)c1ccc(Cl)cc1. The van der Waals surface area contributed by atoms with Crippen LogP contribution < -0.4 is 0 Å².